The summed E-state index contributed by atoms with van der Waals surface area (Å²) >= 11 is 0. The molecule has 1 saturated carbocycles. The molecule has 0 radical (unpaired) electrons. The molecule has 4 atom stereocenters. The number of carbonyl (C=O) groups excluding carboxylic acids is 5. The van der Waals surface area contributed by atoms with Crippen molar-refractivity contribution >= 4 is 39.4 Å². The van der Waals surface area contributed by atoms with Crippen molar-refractivity contribution in [1.29, 1.82) is 0 Å². The van der Waals surface area contributed by atoms with E-state index in [0.29, 0.717) is 19.3 Å². The molecule has 4 N–H and O–H groups in total. The molecule has 4 unspecified atom stereocenters. The number of urea groups is 1. The largest absolute Gasteiger partial charge is 0.346 e. The average Bonchev–Trinajstić information content (AvgIpc) is 3.46. The van der Waals surface area contributed by atoms with Crippen molar-refractivity contribution in [3.63, 3.8) is 0 Å². The van der Waals surface area contributed by atoms with E-state index in [-0.39, 0.29) is 49.3 Å². The van der Waals surface area contributed by atoms with Crippen LogP contribution in [0.5, 0.6) is 0 Å². The number of ketones is 1. The fourth-order valence-electron chi connectivity index (χ4n) is 6.30. The highest BCUT2D eigenvalue weighted by Crippen LogP contribution is 2.33. The minimum atomic E-state index is -3.40. The number of amides is 5. The summed E-state index contributed by atoms with van der Waals surface area (Å²) in [7, 11) is -3.40. The quantitative estimate of drug-likeness (QED) is 0.117. The van der Waals surface area contributed by atoms with Gasteiger partial charge in [-0.2, -0.15) is 0 Å². The topological polar surface area (TPSA) is 171 Å². The minimum absolute atomic E-state index is 0.0364. The predicted molar refractivity (Wildman–Crippen MR) is 182 cm³/mol. The fraction of sp³-hybridized carbons (Fsp3) is 0.735. The van der Waals surface area contributed by atoms with Crippen molar-refractivity contribution < 1.29 is 32.4 Å². The van der Waals surface area contributed by atoms with Crippen molar-refractivity contribution in [3.05, 3.63) is 12.7 Å². The number of hydrogen-bond donors (Lipinski definition) is 4. The molecule has 1 saturated heterocycles. The summed E-state index contributed by atoms with van der Waals surface area (Å²) in [6.07, 6.45) is 10.9. The van der Waals surface area contributed by atoms with Gasteiger partial charge in [0, 0.05) is 25.3 Å². The molecule has 0 bridgehead atoms. The number of rotatable bonds is 15. The van der Waals surface area contributed by atoms with Crippen LogP contribution in [-0.4, -0.2) is 91.1 Å². The van der Waals surface area contributed by atoms with E-state index in [2.05, 4.69) is 33.8 Å². The van der Waals surface area contributed by atoms with Crippen LogP contribution in [0.4, 0.5) is 4.79 Å². The predicted octanol–water partition coefficient (Wildman–Crippen LogP) is 2.48. The third-order valence-corrected chi connectivity index (χ3v) is 11.1. The van der Waals surface area contributed by atoms with E-state index in [9.17, 15) is 32.4 Å². The number of nitrogens with zero attached hydrogens (tertiary/aromatic N) is 1. The monoisotopic (exact) mass is 677 g/mol. The van der Waals surface area contributed by atoms with Gasteiger partial charge in [-0.05, 0) is 42.9 Å². The van der Waals surface area contributed by atoms with Crippen LogP contribution in [0.3, 0.4) is 0 Å². The van der Waals surface area contributed by atoms with Crippen LogP contribution >= 0.6 is 0 Å². The standard InChI is InChI=1S/C34H55N5O7S/c1-9-12-16-25(27(40)30(42)35-19-10-2)36-29(41)26-20-24(23(4)5)21-39(26)31(43)28(33(6,7)8)37-32(44)38-34(17-14-13-15-18-34)22-47(45,46)11-3/h1,10,23-26,28H,2,11-22H2,3-8H3,(H,35,42)(H,36,41)(H2,37,38,44). The highest BCUT2D eigenvalue weighted by atomic mass is 32.2. The summed E-state index contributed by atoms with van der Waals surface area (Å²) in [4.78, 5) is 68.5. The molecule has 0 spiro atoms. The van der Waals surface area contributed by atoms with Crippen LogP contribution in [0.25, 0.3) is 0 Å². The summed E-state index contributed by atoms with van der Waals surface area (Å²) in [5.41, 5.74) is -1.71. The SMILES string of the molecule is C#CCCC(NC(=O)C1CC(C(C)C)CN1C(=O)C(NC(=O)NC1(CS(=O)(=O)CC)CCCCC1)C(C)(C)C)C(=O)C(=O)NCC=C. The van der Waals surface area contributed by atoms with Gasteiger partial charge < -0.3 is 26.2 Å². The second-order valence-corrected chi connectivity index (χ2v) is 16.7. The number of sulfone groups is 1. The van der Waals surface area contributed by atoms with Gasteiger partial charge in [0.05, 0.1) is 17.3 Å². The summed E-state index contributed by atoms with van der Waals surface area (Å²) in [5.74, 6) is -0.470. The molecule has 0 aromatic rings. The first-order valence-electron chi connectivity index (χ1n) is 16.7. The molecule has 1 heterocycles. The second-order valence-electron chi connectivity index (χ2n) is 14.3. The molecular weight excluding hydrogens is 622 g/mol. The Labute approximate surface area is 280 Å². The van der Waals surface area contributed by atoms with Crippen molar-refractivity contribution in [1.82, 2.24) is 26.2 Å². The highest BCUT2D eigenvalue weighted by Gasteiger charge is 2.47. The Balaban J connectivity index is 2.35. The zero-order valence-electron chi connectivity index (χ0n) is 28.9. The Morgan fingerprint density at radius 3 is 2.26 bits per heavy atom. The normalized spacial score (nSPS) is 20.8. The van der Waals surface area contributed by atoms with Gasteiger partial charge in [0.1, 0.15) is 12.1 Å². The van der Waals surface area contributed by atoms with E-state index in [4.69, 9.17) is 6.42 Å². The average molecular weight is 678 g/mol. The van der Waals surface area contributed by atoms with E-state index < -0.39 is 68.5 Å². The van der Waals surface area contributed by atoms with Crippen LogP contribution in [0.1, 0.15) is 92.9 Å². The molecule has 2 fully saturated rings. The molecule has 1 aliphatic heterocycles. The zero-order chi connectivity index (χ0) is 35.6. The van der Waals surface area contributed by atoms with Crippen molar-refractivity contribution in [3.8, 4) is 12.3 Å². The second kappa shape index (κ2) is 17.1. The smallest absolute Gasteiger partial charge is 0.315 e. The first-order valence-corrected chi connectivity index (χ1v) is 18.5. The summed E-state index contributed by atoms with van der Waals surface area (Å²) in [6.45, 7) is 14.8. The van der Waals surface area contributed by atoms with E-state index >= 15 is 0 Å². The number of nitrogens with one attached hydrogen (secondary N) is 4. The third-order valence-electron chi connectivity index (χ3n) is 9.22. The Hall–Kier alpha value is -3.40. The summed E-state index contributed by atoms with van der Waals surface area (Å²) < 4.78 is 25.3. The van der Waals surface area contributed by atoms with Crippen molar-refractivity contribution in [2.75, 3.05) is 24.6 Å². The van der Waals surface area contributed by atoms with Crippen LogP contribution < -0.4 is 21.3 Å². The third kappa shape index (κ3) is 11.4. The molecule has 12 nitrogen and oxygen atoms in total. The fourth-order valence-corrected chi connectivity index (χ4v) is 7.70. The molecule has 0 aromatic heterocycles. The lowest BCUT2D eigenvalue weighted by Crippen LogP contribution is -2.63. The van der Waals surface area contributed by atoms with Crippen LogP contribution in [0, 0.1) is 29.6 Å². The maximum absolute atomic E-state index is 14.3. The van der Waals surface area contributed by atoms with E-state index in [0.717, 1.165) is 19.3 Å². The molecule has 1 aliphatic carbocycles. The van der Waals surface area contributed by atoms with Crippen molar-refractivity contribution in [2.45, 2.75) is 117 Å². The molecular formula is C34H55N5O7S. The molecule has 2 rings (SSSR count). The molecule has 0 aromatic carbocycles. The molecule has 264 valence electrons. The van der Waals surface area contributed by atoms with E-state index in [1.54, 1.807) is 27.7 Å². The van der Waals surface area contributed by atoms with Gasteiger partial charge in [-0.25, -0.2) is 13.2 Å². The molecule has 13 heteroatoms. The van der Waals surface area contributed by atoms with Gasteiger partial charge in [0.25, 0.3) is 5.91 Å². The lowest BCUT2D eigenvalue weighted by Gasteiger charge is -2.40. The number of terminal acetylenes is 1. The number of hydrogen-bond acceptors (Lipinski definition) is 7. The Morgan fingerprint density at radius 1 is 1.09 bits per heavy atom. The number of carbonyl (C=O) groups is 5. The maximum Gasteiger partial charge on any atom is 0.315 e. The van der Waals surface area contributed by atoms with Gasteiger partial charge in [-0.15, -0.1) is 18.9 Å². The Bertz CT molecular complexity index is 1310. The summed E-state index contributed by atoms with van der Waals surface area (Å²) in [5, 5.41) is 10.9. The van der Waals surface area contributed by atoms with Crippen LogP contribution in [0.15, 0.2) is 12.7 Å². The van der Waals surface area contributed by atoms with E-state index in [1.165, 1.54) is 11.0 Å². The van der Waals surface area contributed by atoms with E-state index in [1.807, 2.05) is 13.8 Å². The number of Topliss-reactive ketones (excluding diaryl/α,β-unsaturated/α-hetero) is 1. The van der Waals surface area contributed by atoms with Gasteiger partial charge in [0.15, 0.2) is 9.84 Å². The zero-order valence-corrected chi connectivity index (χ0v) is 29.8. The summed E-state index contributed by atoms with van der Waals surface area (Å²) in [6, 6.07) is -3.85. The van der Waals surface area contributed by atoms with Gasteiger partial charge in [-0.3, -0.25) is 19.2 Å². The Kier molecular flexibility index (Phi) is 14.5. The first-order chi connectivity index (χ1) is 21.9. The molecule has 2 aliphatic rings. The van der Waals surface area contributed by atoms with Gasteiger partial charge in [-0.1, -0.05) is 66.9 Å². The van der Waals surface area contributed by atoms with Gasteiger partial charge in [0.2, 0.25) is 17.6 Å². The Morgan fingerprint density at radius 2 is 1.72 bits per heavy atom. The van der Waals surface area contributed by atoms with Crippen molar-refractivity contribution in [2.24, 2.45) is 17.3 Å². The number of likely N-dealkylation sites (tertiary alicyclic amines) is 1. The van der Waals surface area contributed by atoms with Crippen LogP contribution in [-0.2, 0) is 29.0 Å². The van der Waals surface area contributed by atoms with Crippen LogP contribution in [0.2, 0.25) is 0 Å². The maximum atomic E-state index is 14.3. The first kappa shape index (κ1) is 39.8. The highest BCUT2D eigenvalue weighted by molar-refractivity contribution is 7.91. The molecule has 47 heavy (non-hydrogen) atoms. The minimum Gasteiger partial charge on any atom is -0.346 e. The molecule has 5 amide bonds. The lowest BCUT2D eigenvalue weighted by molar-refractivity contribution is -0.143. The van der Waals surface area contributed by atoms with Gasteiger partial charge >= 0.3 is 6.03 Å². The lowest BCUT2D eigenvalue weighted by atomic mass is 9.83.